The van der Waals surface area contributed by atoms with Crippen molar-refractivity contribution in [2.45, 2.75) is 19.8 Å². The van der Waals surface area contributed by atoms with Crippen LogP contribution >= 0.6 is 0 Å². The molecule has 6 heteroatoms. The molecular weight excluding hydrogens is 270 g/mol. The maximum Gasteiger partial charge on any atom is 0.259 e. The summed E-state index contributed by atoms with van der Waals surface area (Å²) in [6, 6.07) is 1.43. The third-order valence-electron chi connectivity index (χ3n) is 4.09. The molecule has 1 saturated carbocycles. The molecule has 2 fully saturated rings. The van der Waals surface area contributed by atoms with Gasteiger partial charge in [0.25, 0.3) is 5.91 Å². The molecule has 0 aromatic carbocycles. The largest absolute Gasteiger partial charge is 0.364 e. The van der Waals surface area contributed by atoms with E-state index in [4.69, 9.17) is 0 Å². The first-order chi connectivity index (χ1) is 10.1. The highest BCUT2D eigenvalue weighted by Gasteiger charge is 2.35. The quantitative estimate of drug-likeness (QED) is 0.855. The van der Waals surface area contributed by atoms with Crippen molar-refractivity contribution in [2.24, 2.45) is 5.92 Å². The van der Waals surface area contributed by atoms with Crippen LogP contribution in [-0.4, -0.2) is 52.8 Å². The van der Waals surface area contributed by atoms with Crippen molar-refractivity contribution in [3.8, 4) is 0 Å². The number of aromatic amines is 1. The van der Waals surface area contributed by atoms with Crippen LogP contribution in [0.2, 0.25) is 0 Å². The number of rotatable bonds is 2. The van der Waals surface area contributed by atoms with Crippen molar-refractivity contribution < 1.29 is 9.59 Å². The monoisotopic (exact) mass is 289 g/mol. The fourth-order valence-electron chi connectivity index (χ4n) is 2.63. The van der Waals surface area contributed by atoms with Crippen LogP contribution in [0.3, 0.4) is 0 Å². The van der Waals surface area contributed by atoms with Gasteiger partial charge >= 0.3 is 0 Å². The Morgan fingerprint density at radius 1 is 1.14 bits per heavy atom. The lowest BCUT2D eigenvalue weighted by Crippen LogP contribution is -2.51. The van der Waals surface area contributed by atoms with Crippen LogP contribution in [-0.2, 0) is 4.79 Å². The SMILES string of the molecule is Cc1cc(=O)c(C(=O)N2CCN(C(=O)C3CC3)CC2)c[nH]1. The van der Waals surface area contributed by atoms with Crippen molar-refractivity contribution in [3.05, 3.63) is 33.7 Å². The lowest BCUT2D eigenvalue weighted by molar-refractivity contribution is -0.134. The highest BCUT2D eigenvalue weighted by atomic mass is 16.2. The second-order valence-corrected chi connectivity index (χ2v) is 5.79. The highest BCUT2D eigenvalue weighted by Crippen LogP contribution is 2.31. The molecule has 112 valence electrons. The van der Waals surface area contributed by atoms with E-state index in [0.29, 0.717) is 26.2 Å². The normalized spacial score (nSPS) is 18.7. The van der Waals surface area contributed by atoms with Gasteiger partial charge in [0.2, 0.25) is 5.91 Å². The molecule has 21 heavy (non-hydrogen) atoms. The molecule has 1 aliphatic carbocycles. The second kappa shape index (κ2) is 5.35. The standard InChI is InChI=1S/C15H19N3O3/c1-10-8-13(19)12(9-16-10)15(21)18-6-4-17(5-7-18)14(20)11-2-3-11/h8-9,11H,2-7H2,1H3,(H,16,19). The summed E-state index contributed by atoms with van der Waals surface area (Å²) in [6.45, 7) is 3.88. The third-order valence-corrected chi connectivity index (χ3v) is 4.09. The Labute approximate surface area is 122 Å². The van der Waals surface area contributed by atoms with Crippen molar-refractivity contribution in [1.82, 2.24) is 14.8 Å². The van der Waals surface area contributed by atoms with E-state index in [1.165, 1.54) is 12.3 Å². The number of aryl methyl sites for hydroxylation is 1. The fourth-order valence-corrected chi connectivity index (χ4v) is 2.63. The van der Waals surface area contributed by atoms with E-state index in [-0.39, 0.29) is 28.7 Å². The van der Waals surface area contributed by atoms with Gasteiger partial charge in [-0.2, -0.15) is 0 Å². The molecule has 3 rings (SSSR count). The van der Waals surface area contributed by atoms with Gasteiger partial charge in [0, 0.05) is 50.1 Å². The van der Waals surface area contributed by atoms with Gasteiger partial charge < -0.3 is 14.8 Å². The van der Waals surface area contributed by atoms with Gasteiger partial charge in [-0.15, -0.1) is 0 Å². The van der Waals surface area contributed by atoms with Crippen molar-refractivity contribution in [1.29, 1.82) is 0 Å². The van der Waals surface area contributed by atoms with Crippen molar-refractivity contribution >= 4 is 11.8 Å². The van der Waals surface area contributed by atoms with Crippen LogP contribution in [0.15, 0.2) is 17.1 Å². The minimum absolute atomic E-state index is 0.169. The highest BCUT2D eigenvalue weighted by molar-refractivity contribution is 5.94. The first-order valence-electron chi connectivity index (χ1n) is 7.33. The Bertz CT molecular complexity index is 625. The van der Waals surface area contributed by atoms with E-state index in [1.807, 2.05) is 4.90 Å². The van der Waals surface area contributed by atoms with Crippen LogP contribution in [0.4, 0.5) is 0 Å². The summed E-state index contributed by atoms with van der Waals surface area (Å²) in [5.74, 6) is 0.178. The summed E-state index contributed by atoms with van der Waals surface area (Å²) < 4.78 is 0. The van der Waals surface area contributed by atoms with Crippen LogP contribution in [0, 0.1) is 12.8 Å². The summed E-state index contributed by atoms with van der Waals surface area (Å²) in [5, 5.41) is 0. The average molecular weight is 289 g/mol. The molecule has 6 nitrogen and oxygen atoms in total. The fraction of sp³-hybridized carbons (Fsp3) is 0.533. The Balaban J connectivity index is 1.64. The van der Waals surface area contributed by atoms with E-state index in [1.54, 1.807) is 11.8 Å². The Morgan fingerprint density at radius 3 is 2.33 bits per heavy atom. The molecule has 1 N–H and O–H groups in total. The maximum atomic E-state index is 12.4. The summed E-state index contributed by atoms with van der Waals surface area (Å²) in [4.78, 5) is 42.6. The molecule has 0 unspecified atom stereocenters. The van der Waals surface area contributed by atoms with Crippen LogP contribution < -0.4 is 5.43 Å². The van der Waals surface area contributed by atoms with E-state index < -0.39 is 0 Å². The Kier molecular flexibility index (Phi) is 3.53. The zero-order valence-electron chi connectivity index (χ0n) is 12.1. The van der Waals surface area contributed by atoms with Crippen LogP contribution in [0.5, 0.6) is 0 Å². The minimum atomic E-state index is -0.257. The molecule has 0 radical (unpaired) electrons. The number of carbonyl (C=O) groups excluding carboxylic acids is 2. The molecule has 1 saturated heterocycles. The predicted octanol–water partition coefficient (Wildman–Crippen LogP) is 0.378. The smallest absolute Gasteiger partial charge is 0.259 e. The molecule has 1 aliphatic heterocycles. The first kappa shape index (κ1) is 13.9. The molecule has 1 aromatic heterocycles. The molecule has 2 aliphatic rings. The summed E-state index contributed by atoms with van der Waals surface area (Å²) in [5.41, 5.74) is 0.645. The number of piperazine rings is 1. The minimum Gasteiger partial charge on any atom is -0.364 e. The molecule has 0 atom stereocenters. The number of aromatic nitrogens is 1. The number of pyridine rings is 1. The number of hydrogen-bond acceptors (Lipinski definition) is 3. The summed E-state index contributed by atoms with van der Waals surface area (Å²) in [6.07, 6.45) is 3.47. The molecule has 0 spiro atoms. The van der Waals surface area contributed by atoms with Gasteiger partial charge in [-0.1, -0.05) is 0 Å². The Hall–Kier alpha value is -2.11. The lowest BCUT2D eigenvalue weighted by atomic mass is 10.2. The van der Waals surface area contributed by atoms with Gasteiger partial charge in [0.15, 0.2) is 5.43 Å². The van der Waals surface area contributed by atoms with Gasteiger partial charge in [-0.25, -0.2) is 0 Å². The topological polar surface area (TPSA) is 73.5 Å². The number of amides is 2. The Morgan fingerprint density at radius 2 is 1.76 bits per heavy atom. The summed E-state index contributed by atoms with van der Waals surface area (Å²) in [7, 11) is 0. The number of hydrogen-bond donors (Lipinski definition) is 1. The number of nitrogens with zero attached hydrogens (tertiary/aromatic N) is 2. The van der Waals surface area contributed by atoms with Crippen LogP contribution in [0.1, 0.15) is 28.9 Å². The molecule has 1 aromatic rings. The average Bonchev–Trinajstić information content (AvgIpc) is 3.31. The van der Waals surface area contributed by atoms with Crippen molar-refractivity contribution in [2.75, 3.05) is 26.2 Å². The van der Waals surface area contributed by atoms with E-state index >= 15 is 0 Å². The maximum absolute atomic E-state index is 12.4. The second-order valence-electron chi connectivity index (χ2n) is 5.79. The van der Waals surface area contributed by atoms with Gasteiger partial charge in [0.05, 0.1) is 0 Å². The molecule has 2 heterocycles. The number of H-pyrrole nitrogens is 1. The predicted molar refractivity (Wildman–Crippen MR) is 77.0 cm³/mol. The molecule has 2 amide bonds. The number of carbonyl (C=O) groups is 2. The number of nitrogens with one attached hydrogen (secondary N) is 1. The van der Waals surface area contributed by atoms with E-state index in [9.17, 15) is 14.4 Å². The third kappa shape index (κ3) is 2.84. The zero-order valence-corrected chi connectivity index (χ0v) is 12.1. The van der Waals surface area contributed by atoms with Gasteiger partial charge in [-0.05, 0) is 19.8 Å². The zero-order chi connectivity index (χ0) is 15.0. The van der Waals surface area contributed by atoms with Crippen molar-refractivity contribution in [3.63, 3.8) is 0 Å². The van der Waals surface area contributed by atoms with Gasteiger partial charge in [-0.3, -0.25) is 14.4 Å². The lowest BCUT2D eigenvalue weighted by Gasteiger charge is -2.34. The van der Waals surface area contributed by atoms with E-state index in [2.05, 4.69) is 4.98 Å². The summed E-state index contributed by atoms with van der Waals surface area (Å²) >= 11 is 0. The molecule has 0 bridgehead atoms. The van der Waals surface area contributed by atoms with Gasteiger partial charge in [0.1, 0.15) is 5.56 Å². The van der Waals surface area contributed by atoms with E-state index in [0.717, 1.165) is 18.5 Å². The van der Waals surface area contributed by atoms with Crippen LogP contribution in [0.25, 0.3) is 0 Å². The first-order valence-corrected chi connectivity index (χ1v) is 7.33. The molecular formula is C15H19N3O3.